The van der Waals surface area contributed by atoms with Gasteiger partial charge in [-0.25, -0.2) is 4.68 Å². The maximum absolute atomic E-state index is 8.79. The van der Waals surface area contributed by atoms with Crippen LogP contribution in [0.1, 0.15) is 18.9 Å². The molecule has 0 aliphatic carbocycles. The average molecular weight is 184 g/mol. The van der Waals surface area contributed by atoms with Crippen molar-refractivity contribution in [1.29, 1.82) is 0 Å². The Bertz CT molecular complexity index is 235. The van der Waals surface area contributed by atoms with Gasteiger partial charge in [-0.05, 0) is 6.42 Å². The van der Waals surface area contributed by atoms with Crippen molar-refractivity contribution in [2.24, 2.45) is 0 Å². The third-order valence-corrected chi connectivity index (χ3v) is 1.87. The molecule has 0 amide bonds. The molecule has 0 aromatic carbocycles. The fraction of sp³-hybridized carbons (Fsp3) is 0.667. The Balaban J connectivity index is 2.82. The largest absolute Gasteiger partial charge is 0.481 e. The molecule has 0 radical (unpaired) electrons. The Hall–Kier alpha value is -1.03. The molecule has 1 N–H and O–H groups in total. The monoisotopic (exact) mass is 184 g/mol. The minimum Gasteiger partial charge on any atom is -0.481 e. The lowest BCUT2D eigenvalue weighted by atomic mass is 10.2. The SMILES string of the molecule is CCCn1ncc(CCO)c1OC. The van der Waals surface area contributed by atoms with E-state index >= 15 is 0 Å². The van der Waals surface area contributed by atoms with E-state index in [4.69, 9.17) is 9.84 Å². The van der Waals surface area contributed by atoms with Gasteiger partial charge in [-0.2, -0.15) is 5.10 Å². The van der Waals surface area contributed by atoms with Crippen molar-refractivity contribution in [1.82, 2.24) is 9.78 Å². The Morgan fingerprint density at radius 1 is 1.62 bits per heavy atom. The molecule has 0 aliphatic heterocycles. The van der Waals surface area contributed by atoms with E-state index < -0.39 is 0 Å². The Kier molecular flexibility index (Phi) is 3.76. The highest BCUT2D eigenvalue weighted by molar-refractivity contribution is 5.24. The summed E-state index contributed by atoms with van der Waals surface area (Å²) >= 11 is 0. The van der Waals surface area contributed by atoms with Crippen LogP contribution in [0.5, 0.6) is 5.88 Å². The van der Waals surface area contributed by atoms with Gasteiger partial charge >= 0.3 is 0 Å². The average Bonchev–Trinajstić information content (AvgIpc) is 2.49. The topological polar surface area (TPSA) is 47.3 Å². The molecule has 0 aliphatic rings. The summed E-state index contributed by atoms with van der Waals surface area (Å²) in [7, 11) is 1.63. The van der Waals surface area contributed by atoms with E-state index in [1.165, 1.54) is 0 Å². The number of aliphatic hydroxyl groups excluding tert-OH is 1. The first kappa shape index (κ1) is 10.1. The number of rotatable bonds is 5. The maximum atomic E-state index is 8.79. The van der Waals surface area contributed by atoms with Crippen LogP contribution >= 0.6 is 0 Å². The molecule has 0 spiro atoms. The number of nitrogens with zero attached hydrogens (tertiary/aromatic N) is 2. The zero-order chi connectivity index (χ0) is 9.68. The molecule has 1 aromatic heterocycles. The van der Waals surface area contributed by atoms with Crippen molar-refractivity contribution >= 4 is 0 Å². The van der Waals surface area contributed by atoms with Crippen molar-refractivity contribution in [2.45, 2.75) is 26.3 Å². The summed E-state index contributed by atoms with van der Waals surface area (Å²) in [5.74, 6) is 0.774. The number of hydrogen-bond donors (Lipinski definition) is 1. The quantitative estimate of drug-likeness (QED) is 0.737. The van der Waals surface area contributed by atoms with Crippen LogP contribution in [0.25, 0.3) is 0 Å². The lowest BCUT2D eigenvalue weighted by molar-refractivity contribution is 0.294. The van der Waals surface area contributed by atoms with Crippen LogP contribution in [0.4, 0.5) is 0 Å². The van der Waals surface area contributed by atoms with E-state index in [-0.39, 0.29) is 6.61 Å². The highest BCUT2D eigenvalue weighted by Crippen LogP contribution is 2.18. The second kappa shape index (κ2) is 4.87. The van der Waals surface area contributed by atoms with Crippen molar-refractivity contribution in [3.63, 3.8) is 0 Å². The van der Waals surface area contributed by atoms with Crippen LogP contribution in [0.15, 0.2) is 6.20 Å². The minimum absolute atomic E-state index is 0.133. The first-order chi connectivity index (χ1) is 6.33. The van der Waals surface area contributed by atoms with Crippen molar-refractivity contribution < 1.29 is 9.84 Å². The van der Waals surface area contributed by atoms with E-state index in [1.807, 2.05) is 4.68 Å². The first-order valence-electron chi connectivity index (χ1n) is 4.53. The van der Waals surface area contributed by atoms with Gasteiger partial charge in [0.2, 0.25) is 5.88 Å². The molecule has 0 unspecified atom stereocenters. The number of aromatic nitrogens is 2. The molecule has 4 nitrogen and oxygen atoms in total. The Morgan fingerprint density at radius 2 is 2.38 bits per heavy atom. The Labute approximate surface area is 78.1 Å². The second-order valence-electron chi connectivity index (χ2n) is 2.88. The predicted octanol–water partition coefficient (Wildman–Crippen LogP) is 0.837. The van der Waals surface area contributed by atoms with Crippen molar-refractivity contribution in [3.05, 3.63) is 11.8 Å². The van der Waals surface area contributed by atoms with E-state index in [0.717, 1.165) is 24.4 Å². The van der Waals surface area contributed by atoms with E-state index in [0.29, 0.717) is 6.42 Å². The van der Waals surface area contributed by atoms with E-state index in [1.54, 1.807) is 13.3 Å². The normalized spacial score (nSPS) is 10.4. The van der Waals surface area contributed by atoms with Gasteiger partial charge in [0, 0.05) is 25.1 Å². The molecular weight excluding hydrogens is 168 g/mol. The molecule has 0 atom stereocenters. The smallest absolute Gasteiger partial charge is 0.214 e. The lowest BCUT2D eigenvalue weighted by Crippen LogP contribution is -2.03. The summed E-state index contributed by atoms with van der Waals surface area (Å²) < 4.78 is 7.04. The number of hydrogen-bond acceptors (Lipinski definition) is 3. The molecule has 0 bridgehead atoms. The predicted molar refractivity (Wildman–Crippen MR) is 49.9 cm³/mol. The maximum Gasteiger partial charge on any atom is 0.214 e. The zero-order valence-electron chi connectivity index (χ0n) is 8.16. The molecule has 1 aromatic rings. The summed E-state index contributed by atoms with van der Waals surface area (Å²) in [5, 5.41) is 13.0. The van der Waals surface area contributed by atoms with Gasteiger partial charge in [-0.1, -0.05) is 6.92 Å². The second-order valence-corrected chi connectivity index (χ2v) is 2.88. The fourth-order valence-corrected chi connectivity index (χ4v) is 1.31. The highest BCUT2D eigenvalue weighted by atomic mass is 16.5. The third kappa shape index (κ3) is 2.21. The van der Waals surface area contributed by atoms with Gasteiger partial charge in [0.15, 0.2) is 0 Å². The van der Waals surface area contributed by atoms with Gasteiger partial charge in [0.05, 0.1) is 13.3 Å². The first-order valence-corrected chi connectivity index (χ1v) is 4.53. The van der Waals surface area contributed by atoms with Crippen LogP contribution in [0, 0.1) is 0 Å². The van der Waals surface area contributed by atoms with Gasteiger partial charge < -0.3 is 9.84 Å². The van der Waals surface area contributed by atoms with Gasteiger partial charge in [0.25, 0.3) is 0 Å². The Morgan fingerprint density at radius 3 is 2.92 bits per heavy atom. The van der Waals surface area contributed by atoms with Crippen LogP contribution < -0.4 is 4.74 Å². The molecule has 74 valence electrons. The summed E-state index contributed by atoms with van der Waals surface area (Å²) in [5.41, 5.74) is 0.971. The number of aliphatic hydroxyl groups is 1. The summed E-state index contributed by atoms with van der Waals surface area (Å²) in [6.07, 6.45) is 3.38. The van der Waals surface area contributed by atoms with Gasteiger partial charge in [0.1, 0.15) is 0 Å². The number of methoxy groups -OCH3 is 1. The van der Waals surface area contributed by atoms with Gasteiger partial charge in [-0.3, -0.25) is 0 Å². The van der Waals surface area contributed by atoms with Crippen LogP contribution in [0.3, 0.4) is 0 Å². The van der Waals surface area contributed by atoms with Crippen molar-refractivity contribution in [3.8, 4) is 5.88 Å². The summed E-state index contributed by atoms with van der Waals surface area (Å²) in [6, 6.07) is 0. The zero-order valence-corrected chi connectivity index (χ0v) is 8.16. The van der Waals surface area contributed by atoms with Crippen LogP contribution in [0.2, 0.25) is 0 Å². The molecule has 0 fully saturated rings. The molecular formula is C9H16N2O2. The number of aryl methyl sites for hydroxylation is 1. The molecule has 1 heterocycles. The summed E-state index contributed by atoms with van der Waals surface area (Å²) in [6.45, 7) is 3.08. The van der Waals surface area contributed by atoms with Gasteiger partial charge in [-0.15, -0.1) is 0 Å². The van der Waals surface area contributed by atoms with Crippen LogP contribution in [-0.2, 0) is 13.0 Å². The molecule has 0 saturated heterocycles. The fourth-order valence-electron chi connectivity index (χ4n) is 1.31. The van der Waals surface area contributed by atoms with Crippen LogP contribution in [-0.4, -0.2) is 28.6 Å². The summed E-state index contributed by atoms with van der Waals surface area (Å²) in [4.78, 5) is 0. The molecule has 13 heavy (non-hydrogen) atoms. The molecule has 1 rings (SSSR count). The number of ether oxygens (including phenoxy) is 1. The third-order valence-electron chi connectivity index (χ3n) is 1.87. The standard InChI is InChI=1S/C9H16N2O2/c1-3-5-11-9(13-2)8(4-6-12)7-10-11/h7,12H,3-6H2,1-2H3. The lowest BCUT2D eigenvalue weighted by Gasteiger charge is -2.05. The minimum atomic E-state index is 0.133. The van der Waals surface area contributed by atoms with E-state index in [9.17, 15) is 0 Å². The molecule has 4 heteroatoms. The van der Waals surface area contributed by atoms with Crippen molar-refractivity contribution in [2.75, 3.05) is 13.7 Å². The highest BCUT2D eigenvalue weighted by Gasteiger charge is 2.09. The van der Waals surface area contributed by atoms with E-state index in [2.05, 4.69) is 12.0 Å². The molecule has 0 saturated carbocycles.